The van der Waals surface area contributed by atoms with Crippen molar-refractivity contribution in [3.05, 3.63) is 52.3 Å². The van der Waals surface area contributed by atoms with E-state index in [0.717, 1.165) is 9.60 Å². The summed E-state index contributed by atoms with van der Waals surface area (Å²) in [5.74, 6) is -0.492. The zero-order valence-electron chi connectivity index (χ0n) is 14.4. The van der Waals surface area contributed by atoms with Crippen LogP contribution in [0.15, 0.2) is 56.7 Å². The number of esters is 1. The minimum absolute atomic E-state index is 0.0266. The lowest BCUT2D eigenvalue weighted by molar-refractivity contribution is -0.141. The second-order valence-corrected chi connectivity index (χ2v) is 9.33. The monoisotopic (exact) mass is 442 g/mol. The van der Waals surface area contributed by atoms with Crippen LogP contribution in [0.3, 0.4) is 0 Å². The molecule has 0 saturated carbocycles. The lowest BCUT2D eigenvalue weighted by Crippen LogP contribution is -2.22. The lowest BCUT2D eigenvalue weighted by atomic mass is 10.3. The SMILES string of the molecule is COC(=O)Cn1c(=NS(=O)(=O)c2ccc(Cl)cc2)sc2cc(SC)ccc21. The predicted octanol–water partition coefficient (Wildman–Crippen LogP) is 3.54. The van der Waals surface area contributed by atoms with Crippen molar-refractivity contribution in [1.29, 1.82) is 0 Å². The quantitative estimate of drug-likeness (QED) is 0.446. The number of carbonyl (C=O) groups excluding carboxylic acids is 1. The molecule has 0 radical (unpaired) electrons. The summed E-state index contributed by atoms with van der Waals surface area (Å²) < 4.78 is 36.4. The minimum Gasteiger partial charge on any atom is -0.468 e. The molecule has 0 aliphatic heterocycles. The molecule has 0 fully saturated rings. The first-order chi connectivity index (χ1) is 12.8. The van der Waals surface area contributed by atoms with Crippen LogP contribution < -0.4 is 4.80 Å². The number of nitrogens with zero attached hydrogens (tertiary/aromatic N) is 2. The van der Waals surface area contributed by atoms with Gasteiger partial charge in [-0.1, -0.05) is 22.9 Å². The molecule has 3 rings (SSSR count). The fourth-order valence-electron chi connectivity index (χ4n) is 2.36. The number of aromatic nitrogens is 1. The van der Waals surface area contributed by atoms with Crippen LogP contribution in [0, 0.1) is 0 Å². The summed E-state index contributed by atoms with van der Waals surface area (Å²) in [6.07, 6.45) is 1.95. The van der Waals surface area contributed by atoms with Crippen molar-refractivity contribution in [2.45, 2.75) is 16.3 Å². The summed E-state index contributed by atoms with van der Waals surface area (Å²) in [6.45, 7) is -0.135. The maximum absolute atomic E-state index is 12.7. The zero-order chi connectivity index (χ0) is 19.6. The van der Waals surface area contributed by atoms with Gasteiger partial charge in [-0.3, -0.25) is 4.79 Å². The Morgan fingerprint density at radius 1 is 1.26 bits per heavy atom. The molecule has 10 heteroatoms. The predicted molar refractivity (Wildman–Crippen MR) is 108 cm³/mol. The van der Waals surface area contributed by atoms with E-state index in [1.54, 1.807) is 16.3 Å². The van der Waals surface area contributed by atoms with Crippen molar-refractivity contribution in [3.8, 4) is 0 Å². The maximum atomic E-state index is 12.7. The molecule has 6 nitrogen and oxygen atoms in total. The van der Waals surface area contributed by atoms with Crippen LogP contribution in [0.2, 0.25) is 5.02 Å². The summed E-state index contributed by atoms with van der Waals surface area (Å²) in [4.78, 5) is 13.1. The third-order valence-electron chi connectivity index (χ3n) is 3.71. The molecular formula is C17H15ClN2O4S3. The molecular weight excluding hydrogens is 428 g/mol. The molecule has 2 aromatic carbocycles. The largest absolute Gasteiger partial charge is 0.468 e. The number of hydrogen-bond donors (Lipinski definition) is 0. The summed E-state index contributed by atoms with van der Waals surface area (Å²) in [5.41, 5.74) is 0.716. The third kappa shape index (κ3) is 4.37. The summed E-state index contributed by atoms with van der Waals surface area (Å²) in [7, 11) is -2.68. The molecule has 3 aromatic rings. The number of thioether (sulfide) groups is 1. The molecule has 0 aliphatic rings. The van der Waals surface area contributed by atoms with E-state index in [0.29, 0.717) is 10.5 Å². The van der Waals surface area contributed by atoms with E-state index in [1.165, 1.54) is 42.7 Å². The van der Waals surface area contributed by atoms with Crippen molar-refractivity contribution in [3.63, 3.8) is 0 Å². The highest BCUT2D eigenvalue weighted by Gasteiger charge is 2.16. The second kappa shape index (κ2) is 8.05. The summed E-state index contributed by atoms with van der Waals surface area (Å²) in [5, 5.41) is 0.432. The van der Waals surface area contributed by atoms with Gasteiger partial charge in [0, 0.05) is 9.92 Å². The number of carbonyl (C=O) groups is 1. The number of thiazole rings is 1. The topological polar surface area (TPSA) is 77.7 Å². The normalized spacial score (nSPS) is 12.5. The Bertz CT molecular complexity index is 1170. The number of benzene rings is 2. The van der Waals surface area contributed by atoms with Gasteiger partial charge < -0.3 is 9.30 Å². The minimum atomic E-state index is -3.96. The highest BCUT2D eigenvalue weighted by atomic mass is 35.5. The highest BCUT2D eigenvalue weighted by Crippen LogP contribution is 2.24. The van der Waals surface area contributed by atoms with Crippen molar-refractivity contribution in [2.75, 3.05) is 13.4 Å². The Hall–Kier alpha value is -1.81. The van der Waals surface area contributed by atoms with Crippen LogP contribution in [0.4, 0.5) is 0 Å². The fourth-order valence-corrected chi connectivity index (χ4v) is 5.27. The number of fused-ring (bicyclic) bond motifs is 1. The Kier molecular flexibility index (Phi) is 5.95. The van der Waals surface area contributed by atoms with E-state index < -0.39 is 16.0 Å². The lowest BCUT2D eigenvalue weighted by Gasteiger charge is -2.04. The average molecular weight is 443 g/mol. The third-order valence-corrected chi connectivity index (χ3v) is 7.13. The first-order valence-corrected chi connectivity index (χ1v) is 11.5. The van der Waals surface area contributed by atoms with Gasteiger partial charge in [-0.25, -0.2) is 0 Å². The Morgan fingerprint density at radius 3 is 2.59 bits per heavy atom. The number of ether oxygens (including phenoxy) is 1. The molecule has 0 atom stereocenters. The molecule has 0 saturated heterocycles. The summed E-state index contributed by atoms with van der Waals surface area (Å²) >= 11 is 8.60. The fraction of sp³-hybridized carbons (Fsp3) is 0.176. The van der Waals surface area contributed by atoms with Gasteiger partial charge in [0.2, 0.25) is 4.80 Å². The van der Waals surface area contributed by atoms with Crippen LogP contribution in [0.5, 0.6) is 0 Å². The van der Waals surface area contributed by atoms with Gasteiger partial charge in [0.25, 0.3) is 10.0 Å². The van der Waals surface area contributed by atoms with E-state index in [9.17, 15) is 13.2 Å². The molecule has 0 spiro atoms. The van der Waals surface area contributed by atoms with Crippen molar-refractivity contribution >= 4 is 60.9 Å². The van der Waals surface area contributed by atoms with Gasteiger partial charge in [0.15, 0.2) is 0 Å². The standard InChI is InChI=1S/C17H15ClN2O4S3/c1-24-16(21)10-20-14-8-5-12(25-2)9-15(14)26-17(20)19-27(22,23)13-6-3-11(18)4-7-13/h3-9H,10H2,1-2H3. The number of hydrogen-bond acceptors (Lipinski definition) is 6. The van der Waals surface area contributed by atoms with Crippen LogP contribution in [-0.4, -0.2) is 32.3 Å². The van der Waals surface area contributed by atoms with Gasteiger partial charge in [0.05, 0.1) is 22.2 Å². The molecule has 1 heterocycles. The zero-order valence-corrected chi connectivity index (χ0v) is 17.6. The average Bonchev–Trinajstić information content (AvgIpc) is 2.97. The Labute approximate surface area is 169 Å². The second-order valence-electron chi connectivity index (χ2n) is 5.40. The van der Waals surface area contributed by atoms with Crippen molar-refractivity contribution in [2.24, 2.45) is 4.40 Å². The molecule has 142 valence electrons. The van der Waals surface area contributed by atoms with Crippen molar-refractivity contribution in [1.82, 2.24) is 4.57 Å². The number of methoxy groups -OCH3 is 1. The summed E-state index contributed by atoms with van der Waals surface area (Å²) in [6, 6.07) is 11.5. The van der Waals surface area contributed by atoms with Crippen LogP contribution in [-0.2, 0) is 26.1 Å². The van der Waals surface area contributed by atoms with Crippen LogP contribution in [0.1, 0.15) is 0 Å². The number of rotatable bonds is 5. The molecule has 27 heavy (non-hydrogen) atoms. The molecule has 0 bridgehead atoms. The van der Waals surface area contributed by atoms with E-state index in [-0.39, 0.29) is 16.2 Å². The number of halogens is 1. The molecule has 0 unspecified atom stereocenters. The van der Waals surface area contributed by atoms with E-state index in [4.69, 9.17) is 16.3 Å². The maximum Gasteiger partial charge on any atom is 0.325 e. The van der Waals surface area contributed by atoms with Crippen LogP contribution >= 0.6 is 34.7 Å². The first kappa shape index (κ1) is 19.9. The highest BCUT2D eigenvalue weighted by molar-refractivity contribution is 7.98. The Morgan fingerprint density at radius 2 is 1.96 bits per heavy atom. The van der Waals surface area contributed by atoms with Gasteiger partial charge in [0.1, 0.15) is 6.54 Å². The first-order valence-electron chi connectivity index (χ1n) is 7.65. The Balaban J connectivity index is 2.21. The number of sulfonamides is 1. The smallest absolute Gasteiger partial charge is 0.325 e. The van der Waals surface area contributed by atoms with E-state index >= 15 is 0 Å². The van der Waals surface area contributed by atoms with Gasteiger partial charge in [-0.15, -0.1) is 16.2 Å². The molecule has 0 amide bonds. The van der Waals surface area contributed by atoms with Crippen molar-refractivity contribution < 1.29 is 17.9 Å². The molecule has 0 N–H and O–H groups in total. The van der Waals surface area contributed by atoms with Gasteiger partial charge in [-0.05, 0) is 48.7 Å². The molecule has 0 aliphatic carbocycles. The van der Waals surface area contributed by atoms with Gasteiger partial charge in [-0.2, -0.15) is 8.42 Å². The van der Waals surface area contributed by atoms with E-state index in [1.807, 2.05) is 24.5 Å². The van der Waals surface area contributed by atoms with E-state index in [2.05, 4.69) is 4.40 Å². The van der Waals surface area contributed by atoms with Gasteiger partial charge >= 0.3 is 5.97 Å². The van der Waals surface area contributed by atoms with Crippen LogP contribution in [0.25, 0.3) is 10.2 Å². The molecule has 1 aromatic heterocycles.